The molecule has 2 bridgehead atoms. The van der Waals surface area contributed by atoms with Crippen LogP contribution in [0.25, 0.3) is 0 Å². The molecule has 2 unspecified atom stereocenters. The van der Waals surface area contributed by atoms with E-state index in [1.54, 1.807) is 0 Å². The van der Waals surface area contributed by atoms with Crippen LogP contribution < -0.4 is 0 Å². The summed E-state index contributed by atoms with van der Waals surface area (Å²) in [6.07, 6.45) is 4.56. The Labute approximate surface area is 110 Å². The number of hydrogen-bond acceptors (Lipinski definition) is 1. The van der Waals surface area contributed by atoms with Gasteiger partial charge in [0.1, 0.15) is 0 Å². The van der Waals surface area contributed by atoms with Crippen molar-refractivity contribution in [1.29, 1.82) is 0 Å². The largest absolute Gasteiger partial charge is 0.333 e. The Hall–Kier alpha value is -0.830. The van der Waals surface area contributed by atoms with Gasteiger partial charge in [-0.3, -0.25) is 4.79 Å². The molecule has 90 valence electrons. The zero-order valence-corrected chi connectivity index (χ0v) is 11.3. The monoisotopic (exact) mass is 293 g/mol. The van der Waals surface area contributed by atoms with Gasteiger partial charge < -0.3 is 4.90 Å². The van der Waals surface area contributed by atoms with Gasteiger partial charge in [0, 0.05) is 22.5 Å². The molecule has 0 spiro atoms. The van der Waals surface area contributed by atoms with E-state index in [2.05, 4.69) is 20.8 Å². The van der Waals surface area contributed by atoms with Crippen molar-refractivity contribution in [3.8, 4) is 0 Å². The first-order valence-electron chi connectivity index (χ1n) is 6.27. The zero-order valence-electron chi connectivity index (χ0n) is 9.68. The molecule has 0 aliphatic carbocycles. The number of amides is 1. The van der Waals surface area contributed by atoms with Crippen LogP contribution in [0.15, 0.2) is 30.3 Å². The highest BCUT2D eigenvalue weighted by Gasteiger charge is 2.42. The Kier molecular flexibility index (Phi) is 2.95. The Morgan fingerprint density at radius 1 is 1.12 bits per heavy atom. The van der Waals surface area contributed by atoms with Crippen LogP contribution in [0.2, 0.25) is 0 Å². The molecule has 1 amide bonds. The molecule has 3 heteroatoms. The van der Waals surface area contributed by atoms with Crippen LogP contribution in [-0.2, 0) is 0 Å². The molecule has 1 aromatic carbocycles. The van der Waals surface area contributed by atoms with E-state index in [4.69, 9.17) is 0 Å². The fourth-order valence-corrected chi connectivity index (χ4v) is 4.04. The number of halogens is 1. The Bertz CT molecular complexity index is 405. The predicted molar refractivity (Wildman–Crippen MR) is 71.4 cm³/mol. The molecule has 2 saturated heterocycles. The normalized spacial score (nSPS) is 31.6. The Morgan fingerprint density at radius 2 is 1.71 bits per heavy atom. The number of hydrogen-bond donors (Lipinski definition) is 0. The van der Waals surface area contributed by atoms with Crippen LogP contribution >= 0.6 is 15.9 Å². The van der Waals surface area contributed by atoms with Crippen LogP contribution in [-0.4, -0.2) is 27.7 Å². The predicted octanol–water partition coefficient (Wildman–Crippen LogP) is 3.22. The molecule has 0 N–H and O–H groups in total. The molecule has 2 nitrogen and oxygen atoms in total. The standard InChI is InChI=1S/C14H16BrNO/c15-11-8-12-6-7-13(9-11)16(12)14(17)10-4-2-1-3-5-10/h1-5,11-13H,6-9H2. The lowest BCUT2D eigenvalue weighted by atomic mass is 10.0. The maximum Gasteiger partial charge on any atom is 0.254 e. The highest BCUT2D eigenvalue weighted by molar-refractivity contribution is 9.09. The fraction of sp³-hybridized carbons (Fsp3) is 0.500. The molecule has 2 atom stereocenters. The minimum atomic E-state index is 0.220. The van der Waals surface area contributed by atoms with E-state index >= 15 is 0 Å². The average Bonchev–Trinajstić information content (AvgIpc) is 2.62. The summed E-state index contributed by atoms with van der Waals surface area (Å²) in [5, 5.41) is 0. The summed E-state index contributed by atoms with van der Waals surface area (Å²) in [6, 6.07) is 10.6. The number of benzene rings is 1. The van der Waals surface area contributed by atoms with Crippen molar-refractivity contribution in [1.82, 2.24) is 4.90 Å². The van der Waals surface area contributed by atoms with Gasteiger partial charge in [-0.2, -0.15) is 0 Å². The van der Waals surface area contributed by atoms with E-state index in [1.165, 1.54) is 12.8 Å². The van der Waals surface area contributed by atoms with Crippen molar-refractivity contribution in [2.45, 2.75) is 42.6 Å². The number of fused-ring (bicyclic) bond motifs is 2. The summed E-state index contributed by atoms with van der Waals surface area (Å²) >= 11 is 3.70. The van der Waals surface area contributed by atoms with Gasteiger partial charge in [0.15, 0.2) is 0 Å². The molecular formula is C14H16BrNO. The maximum atomic E-state index is 12.5. The second kappa shape index (κ2) is 4.45. The van der Waals surface area contributed by atoms with E-state index in [0.29, 0.717) is 16.9 Å². The highest BCUT2D eigenvalue weighted by Crippen LogP contribution is 2.39. The van der Waals surface area contributed by atoms with Gasteiger partial charge in [-0.05, 0) is 37.8 Å². The summed E-state index contributed by atoms with van der Waals surface area (Å²) in [5.41, 5.74) is 0.831. The lowest BCUT2D eigenvalue weighted by Gasteiger charge is -2.37. The van der Waals surface area contributed by atoms with E-state index in [1.807, 2.05) is 30.3 Å². The molecular weight excluding hydrogens is 278 g/mol. The Balaban J connectivity index is 1.84. The van der Waals surface area contributed by atoms with Crippen molar-refractivity contribution >= 4 is 21.8 Å². The SMILES string of the molecule is O=C(c1ccccc1)N1C2CCC1CC(Br)C2. The van der Waals surface area contributed by atoms with Crippen molar-refractivity contribution in [2.24, 2.45) is 0 Å². The number of piperidine rings is 1. The third-order valence-electron chi connectivity index (χ3n) is 3.93. The number of carbonyl (C=O) groups excluding carboxylic acids is 1. The highest BCUT2D eigenvalue weighted by atomic mass is 79.9. The molecule has 17 heavy (non-hydrogen) atoms. The van der Waals surface area contributed by atoms with Gasteiger partial charge in [-0.25, -0.2) is 0 Å². The average molecular weight is 294 g/mol. The summed E-state index contributed by atoms with van der Waals surface area (Å²) < 4.78 is 0. The first kappa shape index (κ1) is 11.3. The smallest absolute Gasteiger partial charge is 0.254 e. The number of carbonyl (C=O) groups is 1. The number of rotatable bonds is 1. The first-order chi connectivity index (χ1) is 8.25. The summed E-state index contributed by atoms with van der Waals surface area (Å²) in [5.74, 6) is 0.220. The Morgan fingerprint density at radius 3 is 2.29 bits per heavy atom. The van der Waals surface area contributed by atoms with E-state index in [9.17, 15) is 4.79 Å². The lowest BCUT2D eigenvalue weighted by Crippen LogP contribution is -2.46. The van der Waals surface area contributed by atoms with Crippen LogP contribution in [0.4, 0.5) is 0 Å². The third kappa shape index (κ3) is 2.01. The third-order valence-corrected chi connectivity index (χ3v) is 4.68. The van der Waals surface area contributed by atoms with Crippen LogP contribution in [0.5, 0.6) is 0 Å². The maximum absolute atomic E-state index is 12.5. The van der Waals surface area contributed by atoms with E-state index in [-0.39, 0.29) is 5.91 Å². The van der Waals surface area contributed by atoms with Crippen molar-refractivity contribution < 1.29 is 4.79 Å². The molecule has 3 rings (SSSR count). The van der Waals surface area contributed by atoms with Gasteiger partial charge in [-0.1, -0.05) is 34.1 Å². The molecule has 2 fully saturated rings. The molecule has 0 saturated carbocycles. The van der Waals surface area contributed by atoms with Crippen molar-refractivity contribution in [3.63, 3.8) is 0 Å². The van der Waals surface area contributed by atoms with Crippen LogP contribution in [0, 0.1) is 0 Å². The van der Waals surface area contributed by atoms with E-state index in [0.717, 1.165) is 18.4 Å². The first-order valence-corrected chi connectivity index (χ1v) is 7.19. The van der Waals surface area contributed by atoms with Gasteiger partial charge in [0.05, 0.1) is 0 Å². The topological polar surface area (TPSA) is 20.3 Å². The van der Waals surface area contributed by atoms with Crippen LogP contribution in [0.3, 0.4) is 0 Å². The molecule has 2 aliphatic rings. The zero-order chi connectivity index (χ0) is 11.8. The van der Waals surface area contributed by atoms with E-state index < -0.39 is 0 Å². The van der Waals surface area contributed by atoms with Gasteiger partial charge in [0.25, 0.3) is 5.91 Å². The van der Waals surface area contributed by atoms with Crippen molar-refractivity contribution in [2.75, 3.05) is 0 Å². The molecule has 0 radical (unpaired) electrons. The molecule has 1 aromatic rings. The molecule has 2 heterocycles. The lowest BCUT2D eigenvalue weighted by molar-refractivity contribution is 0.0603. The minimum absolute atomic E-state index is 0.220. The van der Waals surface area contributed by atoms with Crippen molar-refractivity contribution in [3.05, 3.63) is 35.9 Å². The fourth-order valence-electron chi connectivity index (χ4n) is 3.17. The summed E-state index contributed by atoms with van der Waals surface area (Å²) in [7, 11) is 0. The molecule has 2 aliphatic heterocycles. The summed E-state index contributed by atoms with van der Waals surface area (Å²) in [4.78, 5) is 15.2. The second-order valence-corrected chi connectivity index (χ2v) is 6.33. The van der Waals surface area contributed by atoms with Gasteiger partial charge in [-0.15, -0.1) is 0 Å². The number of alkyl halides is 1. The second-order valence-electron chi connectivity index (χ2n) is 5.03. The summed E-state index contributed by atoms with van der Waals surface area (Å²) in [6.45, 7) is 0. The van der Waals surface area contributed by atoms with Crippen LogP contribution in [0.1, 0.15) is 36.0 Å². The molecule has 0 aromatic heterocycles. The van der Waals surface area contributed by atoms with Gasteiger partial charge >= 0.3 is 0 Å². The quantitative estimate of drug-likeness (QED) is 0.728. The van der Waals surface area contributed by atoms with Gasteiger partial charge in [0.2, 0.25) is 0 Å². The minimum Gasteiger partial charge on any atom is -0.333 e. The number of nitrogens with zero attached hydrogens (tertiary/aromatic N) is 1.